The summed E-state index contributed by atoms with van der Waals surface area (Å²) in [5, 5.41) is 0.489. The highest BCUT2D eigenvalue weighted by molar-refractivity contribution is 7.90. The molecule has 0 aliphatic rings. The molecule has 0 unspecified atom stereocenters. The van der Waals surface area contributed by atoms with E-state index in [0.717, 1.165) is 10.2 Å². The number of hydrogen-bond donors (Lipinski definition) is 1. The van der Waals surface area contributed by atoms with Crippen molar-refractivity contribution in [1.29, 1.82) is 0 Å². The summed E-state index contributed by atoms with van der Waals surface area (Å²) in [6, 6.07) is 11.7. The van der Waals surface area contributed by atoms with E-state index in [-0.39, 0.29) is 4.90 Å². The molecule has 2 aromatic carbocycles. The van der Waals surface area contributed by atoms with Crippen LogP contribution in [-0.2, 0) is 9.84 Å². The molecule has 3 rings (SSSR count). The van der Waals surface area contributed by atoms with Gasteiger partial charge in [0.25, 0.3) is 5.19 Å². The maximum absolute atomic E-state index is 11.4. The lowest BCUT2D eigenvalue weighted by Crippen LogP contribution is -1.96. The molecule has 0 spiro atoms. The standard InChI is InChI=1S/C14H12N2O3S2/c1-21(17,18)11-5-3-10(4-6-11)19-14-16-12-7-2-9(15)8-13(12)20-14/h2-8H,15H2,1H3. The molecular formula is C14H12N2O3S2. The summed E-state index contributed by atoms with van der Waals surface area (Å²) in [6.45, 7) is 0. The fourth-order valence-electron chi connectivity index (χ4n) is 1.82. The number of thiazole rings is 1. The van der Waals surface area contributed by atoms with Gasteiger partial charge in [-0.25, -0.2) is 13.4 Å². The van der Waals surface area contributed by atoms with Crippen LogP contribution in [0, 0.1) is 0 Å². The van der Waals surface area contributed by atoms with E-state index >= 15 is 0 Å². The van der Waals surface area contributed by atoms with Crippen LogP contribution in [0.5, 0.6) is 10.9 Å². The van der Waals surface area contributed by atoms with Crippen molar-refractivity contribution < 1.29 is 13.2 Å². The van der Waals surface area contributed by atoms with Crippen LogP contribution in [0.25, 0.3) is 10.2 Å². The molecule has 0 aliphatic carbocycles. The summed E-state index contributed by atoms with van der Waals surface area (Å²) >= 11 is 1.38. The van der Waals surface area contributed by atoms with Gasteiger partial charge < -0.3 is 10.5 Å². The number of ether oxygens (including phenoxy) is 1. The Hall–Kier alpha value is -2.12. The van der Waals surface area contributed by atoms with Gasteiger partial charge in [0.1, 0.15) is 5.75 Å². The van der Waals surface area contributed by atoms with Crippen LogP contribution < -0.4 is 10.5 Å². The molecule has 0 aliphatic heterocycles. The Balaban J connectivity index is 1.88. The van der Waals surface area contributed by atoms with Crippen LogP contribution in [0.15, 0.2) is 47.4 Å². The largest absolute Gasteiger partial charge is 0.431 e. The van der Waals surface area contributed by atoms with Gasteiger partial charge in [-0.3, -0.25) is 0 Å². The number of sulfone groups is 1. The zero-order valence-corrected chi connectivity index (χ0v) is 12.7. The number of nitrogens with zero attached hydrogens (tertiary/aromatic N) is 1. The number of anilines is 1. The summed E-state index contributed by atoms with van der Waals surface area (Å²) in [7, 11) is -3.20. The molecule has 2 N–H and O–H groups in total. The third-order valence-corrected chi connectivity index (χ3v) is 4.87. The highest BCUT2D eigenvalue weighted by atomic mass is 32.2. The second-order valence-electron chi connectivity index (χ2n) is 4.55. The van der Waals surface area contributed by atoms with Crippen LogP contribution in [0.3, 0.4) is 0 Å². The Morgan fingerprint density at radius 1 is 1.14 bits per heavy atom. The number of nitrogens with two attached hydrogens (primary N) is 1. The van der Waals surface area contributed by atoms with Crippen molar-refractivity contribution in [1.82, 2.24) is 4.98 Å². The molecule has 7 heteroatoms. The lowest BCUT2D eigenvalue weighted by molar-refractivity contribution is 0.479. The summed E-state index contributed by atoms with van der Waals surface area (Å²) in [5.74, 6) is 0.537. The van der Waals surface area contributed by atoms with E-state index in [2.05, 4.69) is 4.98 Å². The van der Waals surface area contributed by atoms with Gasteiger partial charge in [0, 0.05) is 11.9 Å². The zero-order valence-electron chi connectivity index (χ0n) is 11.1. The van der Waals surface area contributed by atoms with Gasteiger partial charge in [-0.2, -0.15) is 0 Å². The number of rotatable bonds is 3. The Labute approximate surface area is 125 Å². The lowest BCUT2D eigenvalue weighted by Gasteiger charge is -2.02. The summed E-state index contributed by atoms with van der Waals surface area (Å²) in [6.07, 6.45) is 1.17. The van der Waals surface area contributed by atoms with Crippen molar-refractivity contribution in [3.8, 4) is 10.9 Å². The highest BCUT2D eigenvalue weighted by Crippen LogP contribution is 2.32. The summed E-state index contributed by atoms with van der Waals surface area (Å²) in [4.78, 5) is 4.60. The van der Waals surface area contributed by atoms with Gasteiger partial charge in [-0.1, -0.05) is 11.3 Å². The molecule has 0 saturated heterocycles. The molecule has 1 heterocycles. The average molecular weight is 320 g/mol. The molecule has 21 heavy (non-hydrogen) atoms. The van der Waals surface area contributed by atoms with Gasteiger partial charge in [-0.05, 0) is 42.5 Å². The zero-order chi connectivity index (χ0) is 15.0. The number of fused-ring (bicyclic) bond motifs is 1. The van der Waals surface area contributed by atoms with Crippen molar-refractivity contribution >= 4 is 37.1 Å². The van der Waals surface area contributed by atoms with E-state index in [0.29, 0.717) is 16.6 Å². The van der Waals surface area contributed by atoms with Gasteiger partial charge in [0.05, 0.1) is 15.1 Å². The van der Waals surface area contributed by atoms with Crippen molar-refractivity contribution in [3.63, 3.8) is 0 Å². The Morgan fingerprint density at radius 3 is 2.52 bits per heavy atom. The second-order valence-corrected chi connectivity index (χ2v) is 7.56. The van der Waals surface area contributed by atoms with E-state index < -0.39 is 9.84 Å². The SMILES string of the molecule is CS(=O)(=O)c1ccc(Oc2nc3ccc(N)cc3s2)cc1. The molecule has 0 saturated carbocycles. The minimum absolute atomic E-state index is 0.256. The first-order valence-corrected chi connectivity index (χ1v) is 8.77. The first kappa shape index (κ1) is 13.8. The van der Waals surface area contributed by atoms with Gasteiger partial charge in [0.15, 0.2) is 9.84 Å². The first-order chi connectivity index (χ1) is 9.91. The van der Waals surface area contributed by atoms with Crippen molar-refractivity contribution in [2.75, 3.05) is 12.0 Å². The van der Waals surface area contributed by atoms with Gasteiger partial charge in [0.2, 0.25) is 0 Å². The smallest absolute Gasteiger partial charge is 0.279 e. The number of nitrogen functional groups attached to an aromatic ring is 1. The lowest BCUT2D eigenvalue weighted by atomic mass is 10.3. The topological polar surface area (TPSA) is 82.3 Å². The molecule has 108 valence electrons. The molecule has 3 aromatic rings. The minimum atomic E-state index is -3.20. The third kappa shape index (κ3) is 2.98. The van der Waals surface area contributed by atoms with Crippen LogP contribution >= 0.6 is 11.3 Å². The predicted molar refractivity (Wildman–Crippen MR) is 83.7 cm³/mol. The van der Waals surface area contributed by atoms with E-state index in [1.807, 2.05) is 12.1 Å². The molecule has 5 nitrogen and oxygen atoms in total. The molecule has 0 fully saturated rings. The Bertz CT molecular complexity index is 900. The van der Waals surface area contributed by atoms with Crippen LogP contribution in [0.1, 0.15) is 0 Å². The predicted octanol–water partition coefficient (Wildman–Crippen LogP) is 3.07. The normalized spacial score (nSPS) is 11.7. The Morgan fingerprint density at radius 2 is 1.86 bits per heavy atom. The monoisotopic (exact) mass is 320 g/mol. The van der Waals surface area contributed by atoms with Crippen LogP contribution in [0.2, 0.25) is 0 Å². The second kappa shape index (κ2) is 5.01. The van der Waals surface area contributed by atoms with E-state index in [4.69, 9.17) is 10.5 Å². The van der Waals surface area contributed by atoms with E-state index in [9.17, 15) is 8.42 Å². The molecule has 1 aromatic heterocycles. The van der Waals surface area contributed by atoms with Gasteiger partial charge >= 0.3 is 0 Å². The number of aromatic nitrogens is 1. The molecule has 0 amide bonds. The number of benzene rings is 2. The quantitative estimate of drug-likeness (QED) is 0.750. The Kier molecular flexibility index (Phi) is 3.30. The van der Waals surface area contributed by atoms with Crippen molar-refractivity contribution in [3.05, 3.63) is 42.5 Å². The maximum Gasteiger partial charge on any atom is 0.279 e. The fraction of sp³-hybridized carbons (Fsp3) is 0.0714. The van der Waals surface area contributed by atoms with Crippen molar-refractivity contribution in [2.45, 2.75) is 4.90 Å². The highest BCUT2D eigenvalue weighted by Gasteiger charge is 2.09. The van der Waals surface area contributed by atoms with Crippen LogP contribution in [0.4, 0.5) is 5.69 Å². The van der Waals surface area contributed by atoms with E-state index in [1.54, 1.807) is 18.2 Å². The molecular weight excluding hydrogens is 308 g/mol. The average Bonchev–Trinajstić information content (AvgIpc) is 2.79. The summed E-state index contributed by atoms with van der Waals surface area (Å²) < 4.78 is 29.4. The fourth-order valence-corrected chi connectivity index (χ4v) is 3.33. The van der Waals surface area contributed by atoms with E-state index in [1.165, 1.54) is 29.7 Å². The maximum atomic E-state index is 11.4. The molecule has 0 radical (unpaired) electrons. The first-order valence-electron chi connectivity index (χ1n) is 6.06. The summed E-state index contributed by atoms with van der Waals surface area (Å²) in [5.41, 5.74) is 7.22. The minimum Gasteiger partial charge on any atom is -0.431 e. The molecule has 0 atom stereocenters. The van der Waals surface area contributed by atoms with Gasteiger partial charge in [-0.15, -0.1) is 0 Å². The third-order valence-electron chi connectivity index (χ3n) is 2.85. The molecule has 0 bridgehead atoms. The number of hydrogen-bond acceptors (Lipinski definition) is 6. The van der Waals surface area contributed by atoms with Crippen LogP contribution in [-0.4, -0.2) is 19.7 Å². The van der Waals surface area contributed by atoms with Crippen molar-refractivity contribution in [2.24, 2.45) is 0 Å².